The lowest BCUT2D eigenvalue weighted by Gasteiger charge is -2.28. The second kappa shape index (κ2) is 8.26. The number of hydrogen-bond acceptors (Lipinski definition) is 6. The van der Waals surface area contributed by atoms with Gasteiger partial charge >= 0.3 is 12.2 Å². The molecule has 1 aliphatic heterocycles. The van der Waals surface area contributed by atoms with Crippen LogP contribution >= 0.6 is 0 Å². The topological polar surface area (TPSA) is 128 Å². The summed E-state index contributed by atoms with van der Waals surface area (Å²) in [6.45, 7) is 0. The summed E-state index contributed by atoms with van der Waals surface area (Å²) in [5.74, 6) is -5.10. The Morgan fingerprint density at radius 2 is 1.84 bits per heavy atom. The predicted molar refractivity (Wildman–Crippen MR) is 100 cm³/mol. The second-order valence-electron chi connectivity index (χ2n) is 6.23. The number of hydrazone groups is 1. The third kappa shape index (κ3) is 4.52. The summed E-state index contributed by atoms with van der Waals surface area (Å²) in [7, 11) is 0. The van der Waals surface area contributed by atoms with Crippen LogP contribution in [-0.2, 0) is 15.8 Å². The Balaban J connectivity index is 1.81. The SMILES string of the molecule is O=C(N/N=C\[C@H]1C(=O)NC(=O)N(c2cccc(C(F)(F)F)c2)C1=O)c1ccccc1O. The van der Waals surface area contributed by atoms with Crippen LogP contribution in [0.3, 0.4) is 0 Å². The van der Waals surface area contributed by atoms with Crippen LogP contribution in [0.5, 0.6) is 5.75 Å². The zero-order chi connectivity index (χ0) is 22.8. The van der Waals surface area contributed by atoms with Gasteiger partial charge in [0.1, 0.15) is 5.75 Å². The number of carbonyl (C=O) groups is 4. The minimum absolute atomic E-state index is 0.125. The van der Waals surface area contributed by atoms with Crippen molar-refractivity contribution < 1.29 is 37.5 Å². The Hall–Kier alpha value is -4.22. The molecule has 1 saturated heterocycles. The van der Waals surface area contributed by atoms with Gasteiger partial charge < -0.3 is 5.11 Å². The van der Waals surface area contributed by atoms with Crippen molar-refractivity contribution in [2.45, 2.75) is 6.18 Å². The van der Waals surface area contributed by atoms with E-state index in [1.165, 1.54) is 24.3 Å². The van der Waals surface area contributed by atoms with Crippen molar-refractivity contribution in [3.63, 3.8) is 0 Å². The fourth-order valence-corrected chi connectivity index (χ4v) is 2.68. The molecule has 0 radical (unpaired) electrons. The van der Waals surface area contributed by atoms with Crippen molar-refractivity contribution in [3.8, 4) is 5.75 Å². The highest BCUT2D eigenvalue weighted by atomic mass is 19.4. The van der Waals surface area contributed by atoms with Gasteiger partial charge in [-0.2, -0.15) is 18.3 Å². The molecule has 1 fully saturated rings. The number of nitrogens with zero attached hydrogens (tertiary/aromatic N) is 2. The number of anilines is 1. The van der Waals surface area contributed by atoms with E-state index in [9.17, 15) is 37.5 Å². The number of alkyl halides is 3. The summed E-state index contributed by atoms with van der Waals surface area (Å²) in [5, 5.41) is 15.0. The first kappa shape index (κ1) is 21.5. The lowest BCUT2D eigenvalue weighted by atomic mass is 10.1. The van der Waals surface area contributed by atoms with Crippen LogP contribution in [0.1, 0.15) is 15.9 Å². The van der Waals surface area contributed by atoms with E-state index in [1.807, 2.05) is 10.7 Å². The molecule has 2 aromatic rings. The van der Waals surface area contributed by atoms with Crippen LogP contribution in [0.4, 0.5) is 23.7 Å². The van der Waals surface area contributed by atoms with E-state index >= 15 is 0 Å². The van der Waals surface area contributed by atoms with Crippen molar-refractivity contribution >= 4 is 35.7 Å². The lowest BCUT2D eigenvalue weighted by Crippen LogP contribution is -2.58. The summed E-state index contributed by atoms with van der Waals surface area (Å²) in [6.07, 6.45) is -3.99. The predicted octanol–water partition coefficient (Wildman–Crippen LogP) is 2.03. The fourth-order valence-electron chi connectivity index (χ4n) is 2.68. The Kier molecular flexibility index (Phi) is 5.72. The van der Waals surface area contributed by atoms with Crippen LogP contribution in [-0.4, -0.2) is 35.1 Å². The zero-order valence-electron chi connectivity index (χ0n) is 15.4. The Morgan fingerprint density at radius 1 is 1.13 bits per heavy atom. The van der Waals surface area contributed by atoms with E-state index < -0.39 is 47.1 Å². The third-order valence-corrected chi connectivity index (χ3v) is 4.17. The molecule has 0 aliphatic carbocycles. The molecule has 0 spiro atoms. The van der Waals surface area contributed by atoms with Gasteiger partial charge in [-0.25, -0.2) is 15.1 Å². The molecule has 9 nitrogen and oxygen atoms in total. The van der Waals surface area contributed by atoms with Gasteiger partial charge in [0.05, 0.1) is 16.8 Å². The van der Waals surface area contributed by atoms with Gasteiger partial charge in [-0.3, -0.25) is 19.7 Å². The summed E-state index contributed by atoms with van der Waals surface area (Å²) >= 11 is 0. The molecule has 3 N–H and O–H groups in total. The van der Waals surface area contributed by atoms with Gasteiger partial charge in [-0.15, -0.1) is 0 Å². The molecule has 5 amide bonds. The quantitative estimate of drug-likeness (QED) is 0.385. The van der Waals surface area contributed by atoms with Gasteiger partial charge in [-0.1, -0.05) is 18.2 Å². The van der Waals surface area contributed by atoms with Crippen LogP contribution in [0.2, 0.25) is 0 Å². The van der Waals surface area contributed by atoms with Crippen molar-refractivity contribution in [2.75, 3.05) is 4.90 Å². The number of benzene rings is 2. The van der Waals surface area contributed by atoms with Crippen LogP contribution in [0.15, 0.2) is 53.6 Å². The van der Waals surface area contributed by atoms with E-state index in [4.69, 9.17) is 0 Å². The zero-order valence-corrected chi connectivity index (χ0v) is 15.4. The molecule has 1 atom stereocenters. The van der Waals surface area contributed by atoms with E-state index in [1.54, 1.807) is 0 Å². The van der Waals surface area contributed by atoms with E-state index in [0.717, 1.165) is 24.4 Å². The molecule has 3 rings (SSSR count). The molecule has 12 heteroatoms. The molecule has 0 aromatic heterocycles. The minimum Gasteiger partial charge on any atom is -0.507 e. The molecule has 1 heterocycles. The monoisotopic (exact) mass is 434 g/mol. The number of nitrogens with one attached hydrogen (secondary N) is 2. The number of barbiturate groups is 1. The number of imide groups is 2. The Labute approximate surface area is 172 Å². The molecule has 0 saturated carbocycles. The number of para-hydroxylation sites is 1. The number of aromatic hydroxyl groups is 1. The molecule has 31 heavy (non-hydrogen) atoms. The number of phenols is 1. The third-order valence-electron chi connectivity index (χ3n) is 4.17. The highest BCUT2D eigenvalue weighted by Crippen LogP contribution is 2.32. The Morgan fingerprint density at radius 3 is 2.52 bits per heavy atom. The van der Waals surface area contributed by atoms with Gasteiger partial charge in [0.15, 0.2) is 5.92 Å². The number of amides is 5. The summed E-state index contributed by atoms with van der Waals surface area (Å²) in [4.78, 5) is 49.1. The molecule has 160 valence electrons. The number of urea groups is 1. The number of rotatable bonds is 4. The van der Waals surface area contributed by atoms with E-state index in [-0.39, 0.29) is 11.3 Å². The van der Waals surface area contributed by atoms with E-state index in [2.05, 4.69) is 5.10 Å². The first-order valence-corrected chi connectivity index (χ1v) is 8.57. The standard InChI is InChI=1S/C19H13F3N4O5/c20-19(21,22)10-4-3-5-11(8-10)26-17(30)13(15(28)24-18(26)31)9-23-25-16(29)12-6-1-2-7-14(12)27/h1-9,13,27H,(H,25,29)(H,24,28,31)/b23-9-/t13-/m0/s1. The number of phenolic OH excluding ortho intramolecular Hbond substituents is 1. The minimum atomic E-state index is -4.71. The molecule has 0 bridgehead atoms. The number of hydrogen-bond donors (Lipinski definition) is 3. The summed E-state index contributed by atoms with van der Waals surface area (Å²) in [6, 6.07) is 7.74. The summed E-state index contributed by atoms with van der Waals surface area (Å²) in [5.41, 5.74) is 0.388. The van der Waals surface area contributed by atoms with Crippen LogP contribution in [0.25, 0.3) is 0 Å². The highest BCUT2D eigenvalue weighted by Gasteiger charge is 2.41. The van der Waals surface area contributed by atoms with Crippen LogP contribution < -0.4 is 15.6 Å². The maximum absolute atomic E-state index is 12.9. The average Bonchev–Trinajstić information content (AvgIpc) is 2.70. The fraction of sp³-hybridized carbons (Fsp3) is 0.105. The van der Waals surface area contributed by atoms with Gasteiger partial charge in [0, 0.05) is 6.21 Å². The van der Waals surface area contributed by atoms with Crippen molar-refractivity contribution in [1.82, 2.24) is 10.7 Å². The summed E-state index contributed by atoms with van der Waals surface area (Å²) < 4.78 is 38.8. The van der Waals surface area contributed by atoms with E-state index in [0.29, 0.717) is 11.0 Å². The lowest BCUT2D eigenvalue weighted by molar-refractivity contribution is -0.138. The van der Waals surface area contributed by atoms with Crippen LogP contribution in [0, 0.1) is 5.92 Å². The average molecular weight is 434 g/mol. The molecule has 2 aromatic carbocycles. The molecule has 0 unspecified atom stereocenters. The van der Waals surface area contributed by atoms with Gasteiger partial charge in [0.2, 0.25) is 5.91 Å². The molecule has 1 aliphatic rings. The normalized spacial score (nSPS) is 17.1. The molecular weight excluding hydrogens is 421 g/mol. The number of carbonyl (C=O) groups excluding carboxylic acids is 4. The maximum Gasteiger partial charge on any atom is 0.416 e. The number of halogens is 3. The first-order chi connectivity index (χ1) is 14.6. The first-order valence-electron chi connectivity index (χ1n) is 8.57. The maximum atomic E-state index is 12.9. The van der Waals surface area contributed by atoms with Gasteiger partial charge in [-0.05, 0) is 30.3 Å². The Bertz CT molecular complexity index is 1100. The molecular formula is C19H13F3N4O5. The van der Waals surface area contributed by atoms with Gasteiger partial charge in [0.25, 0.3) is 11.8 Å². The largest absolute Gasteiger partial charge is 0.507 e. The van der Waals surface area contributed by atoms with Crippen molar-refractivity contribution in [1.29, 1.82) is 0 Å². The van der Waals surface area contributed by atoms with Crippen molar-refractivity contribution in [2.24, 2.45) is 11.0 Å². The van der Waals surface area contributed by atoms with Crippen molar-refractivity contribution in [3.05, 3.63) is 59.7 Å². The smallest absolute Gasteiger partial charge is 0.416 e. The highest BCUT2D eigenvalue weighted by molar-refractivity contribution is 6.32. The second-order valence-corrected chi connectivity index (χ2v) is 6.23.